The quantitative estimate of drug-likeness (QED) is 0.603. The number of halogens is 4. The summed E-state index contributed by atoms with van der Waals surface area (Å²) in [5.74, 6) is 0.171. The van der Waals surface area contributed by atoms with E-state index in [-0.39, 0.29) is 34.8 Å². The van der Waals surface area contributed by atoms with E-state index in [0.717, 1.165) is 6.07 Å². The summed E-state index contributed by atoms with van der Waals surface area (Å²) < 4.78 is 45.0. The molecule has 4 heterocycles. The minimum Gasteiger partial charge on any atom is -0.459 e. The van der Waals surface area contributed by atoms with E-state index >= 15 is 0 Å². The molecule has 0 unspecified atom stereocenters. The third kappa shape index (κ3) is 4.91. The fourth-order valence-electron chi connectivity index (χ4n) is 3.48. The molecule has 4 rings (SSSR count). The van der Waals surface area contributed by atoms with E-state index in [4.69, 9.17) is 4.42 Å². The molecule has 0 aliphatic carbocycles. The molecule has 31 heavy (non-hydrogen) atoms. The van der Waals surface area contributed by atoms with Crippen molar-refractivity contribution in [2.75, 3.05) is 32.7 Å². The Morgan fingerprint density at radius 2 is 1.81 bits per heavy atom. The molecule has 0 radical (unpaired) electrons. The molecule has 1 fully saturated rings. The van der Waals surface area contributed by atoms with Gasteiger partial charge in [0.2, 0.25) is 0 Å². The molecule has 0 bridgehead atoms. The second-order valence-electron chi connectivity index (χ2n) is 7.05. The third-order valence-electron chi connectivity index (χ3n) is 5.17. The molecule has 166 valence electrons. The lowest BCUT2D eigenvalue weighted by molar-refractivity contribution is -0.140. The van der Waals surface area contributed by atoms with Crippen LogP contribution in [0.15, 0.2) is 52.0 Å². The Kier molecular flexibility index (Phi) is 6.71. The Hall–Kier alpha value is -2.85. The number of carbonyl (C=O) groups excluding carboxylic acids is 1. The number of pyridine rings is 2. The van der Waals surface area contributed by atoms with Crippen LogP contribution in [0.5, 0.6) is 0 Å². The van der Waals surface area contributed by atoms with Crippen molar-refractivity contribution in [3.63, 3.8) is 0 Å². The lowest BCUT2D eigenvalue weighted by atomic mass is 10.2. The van der Waals surface area contributed by atoms with Crippen molar-refractivity contribution in [1.29, 1.82) is 0 Å². The van der Waals surface area contributed by atoms with Gasteiger partial charge in [-0.25, -0.2) is 4.98 Å². The number of nitrogens with zero attached hydrogens (tertiary/aromatic N) is 4. The van der Waals surface area contributed by atoms with Crippen LogP contribution in [-0.4, -0.2) is 58.0 Å². The summed E-state index contributed by atoms with van der Waals surface area (Å²) in [6.45, 7) is 3.40. The molecular weight excluding hydrogens is 437 g/mol. The average Bonchev–Trinajstić information content (AvgIpc) is 3.27. The van der Waals surface area contributed by atoms with Crippen LogP contribution in [0.1, 0.15) is 16.2 Å². The van der Waals surface area contributed by atoms with Crippen LogP contribution >= 0.6 is 12.4 Å². The molecule has 7 nitrogen and oxygen atoms in total. The largest absolute Gasteiger partial charge is 0.459 e. The standard InChI is InChI=1S/C20H19F3N4O3.ClH/c21-20(22,23)17-4-3-14-15(24-17)5-6-26(18(14)28)10-7-25-8-11-27(12-9-25)19(29)16-2-1-13-30-16;/h1-6,13H,7-12H2;1H. The van der Waals surface area contributed by atoms with Crippen LogP contribution in [0, 0.1) is 0 Å². The normalized spacial score (nSPS) is 15.1. The van der Waals surface area contributed by atoms with Gasteiger partial charge in [-0.05, 0) is 30.3 Å². The monoisotopic (exact) mass is 456 g/mol. The number of alkyl halides is 3. The molecule has 1 saturated heterocycles. The first-order valence-electron chi connectivity index (χ1n) is 9.45. The van der Waals surface area contributed by atoms with Gasteiger partial charge in [0.05, 0.1) is 17.2 Å². The molecule has 1 aliphatic rings. The smallest absolute Gasteiger partial charge is 0.433 e. The molecule has 0 spiro atoms. The summed E-state index contributed by atoms with van der Waals surface area (Å²) in [6, 6.07) is 6.72. The van der Waals surface area contributed by atoms with E-state index in [1.807, 2.05) is 0 Å². The van der Waals surface area contributed by atoms with Crippen molar-refractivity contribution in [3.05, 3.63) is 64.6 Å². The molecule has 3 aromatic heterocycles. The summed E-state index contributed by atoms with van der Waals surface area (Å²) in [5.41, 5.74) is -1.37. The Bertz CT molecular complexity index is 1110. The number of fused-ring (bicyclic) bond motifs is 1. The summed E-state index contributed by atoms with van der Waals surface area (Å²) in [6.07, 6.45) is -1.62. The van der Waals surface area contributed by atoms with Gasteiger partial charge in [0.1, 0.15) is 5.69 Å². The number of piperazine rings is 1. The van der Waals surface area contributed by atoms with E-state index < -0.39 is 11.9 Å². The minimum atomic E-state index is -4.55. The minimum absolute atomic E-state index is 0. The Balaban J connectivity index is 0.00000272. The summed E-state index contributed by atoms with van der Waals surface area (Å²) >= 11 is 0. The number of hydrogen-bond acceptors (Lipinski definition) is 5. The van der Waals surface area contributed by atoms with Gasteiger partial charge in [-0.3, -0.25) is 14.5 Å². The number of rotatable bonds is 4. The molecule has 1 amide bonds. The van der Waals surface area contributed by atoms with Crippen molar-refractivity contribution < 1.29 is 22.4 Å². The van der Waals surface area contributed by atoms with Gasteiger partial charge in [0.25, 0.3) is 11.5 Å². The zero-order valence-corrected chi connectivity index (χ0v) is 17.2. The van der Waals surface area contributed by atoms with Gasteiger partial charge in [-0.15, -0.1) is 12.4 Å². The third-order valence-corrected chi connectivity index (χ3v) is 5.17. The van der Waals surface area contributed by atoms with Crippen LogP contribution in [0.2, 0.25) is 0 Å². The van der Waals surface area contributed by atoms with Gasteiger partial charge in [0.15, 0.2) is 5.76 Å². The van der Waals surface area contributed by atoms with Crippen molar-refractivity contribution in [2.24, 2.45) is 0 Å². The number of aromatic nitrogens is 2. The molecule has 1 aliphatic heterocycles. The highest BCUT2D eigenvalue weighted by Gasteiger charge is 2.32. The zero-order valence-electron chi connectivity index (χ0n) is 16.3. The second-order valence-corrected chi connectivity index (χ2v) is 7.05. The fraction of sp³-hybridized carbons (Fsp3) is 0.350. The van der Waals surface area contributed by atoms with Crippen molar-refractivity contribution in [1.82, 2.24) is 19.4 Å². The van der Waals surface area contributed by atoms with E-state index in [0.29, 0.717) is 45.0 Å². The molecule has 0 N–H and O–H groups in total. The summed E-state index contributed by atoms with van der Waals surface area (Å²) in [7, 11) is 0. The zero-order chi connectivity index (χ0) is 21.3. The van der Waals surface area contributed by atoms with E-state index in [1.165, 1.54) is 29.2 Å². The number of carbonyl (C=O) groups is 1. The van der Waals surface area contributed by atoms with Crippen LogP contribution in [0.25, 0.3) is 10.9 Å². The molecular formula is C20H20ClF3N4O3. The highest BCUT2D eigenvalue weighted by molar-refractivity contribution is 5.91. The number of furan rings is 1. The SMILES string of the molecule is Cl.O=C(c1ccco1)N1CCN(CCn2ccc3nc(C(F)(F)F)ccc3c2=O)CC1. The predicted octanol–water partition coefficient (Wildman–Crippen LogP) is 2.89. The average molecular weight is 457 g/mol. The molecule has 0 aromatic carbocycles. The number of amides is 1. The van der Waals surface area contributed by atoms with Gasteiger partial charge in [-0.2, -0.15) is 13.2 Å². The second kappa shape index (κ2) is 9.11. The van der Waals surface area contributed by atoms with E-state index in [9.17, 15) is 22.8 Å². The summed E-state index contributed by atoms with van der Waals surface area (Å²) in [5, 5.41) is 0.152. The lowest BCUT2D eigenvalue weighted by Crippen LogP contribution is -2.49. The highest BCUT2D eigenvalue weighted by atomic mass is 35.5. The molecule has 3 aromatic rings. The topological polar surface area (TPSA) is 71.6 Å². The first-order chi connectivity index (χ1) is 14.3. The van der Waals surface area contributed by atoms with E-state index in [1.54, 1.807) is 17.0 Å². The maximum Gasteiger partial charge on any atom is 0.433 e. The van der Waals surface area contributed by atoms with Gasteiger partial charge < -0.3 is 13.9 Å². The molecule has 0 saturated carbocycles. The van der Waals surface area contributed by atoms with Crippen LogP contribution < -0.4 is 5.56 Å². The van der Waals surface area contributed by atoms with Gasteiger partial charge in [0, 0.05) is 45.5 Å². The van der Waals surface area contributed by atoms with E-state index in [2.05, 4.69) is 9.88 Å². The number of hydrogen-bond donors (Lipinski definition) is 0. The van der Waals surface area contributed by atoms with Crippen LogP contribution in [-0.2, 0) is 12.7 Å². The Labute approximate surface area is 181 Å². The van der Waals surface area contributed by atoms with Crippen LogP contribution in [0.4, 0.5) is 13.2 Å². The van der Waals surface area contributed by atoms with Gasteiger partial charge >= 0.3 is 6.18 Å². The first-order valence-corrected chi connectivity index (χ1v) is 9.45. The molecule has 0 atom stereocenters. The Morgan fingerprint density at radius 1 is 1.06 bits per heavy atom. The lowest BCUT2D eigenvalue weighted by Gasteiger charge is -2.34. The summed E-state index contributed by atoms with van der Waals surface area (Å²) in [4.78, 5) is 32.3. The first kappa shape index (κ1) is 22.8. The maximum atomic E-state index is 12.8. The predicted molar refractivity (Wildman–Crippen MR) is 109 cm³/mol. The maximum absolute atomic E-state index is 12.8. The fourth-order valence-corrected chi connectivity index (χ4v) is 3.48. The van der Waals surface area contributed by atoms with Crippen molar-refractivity contribution in [3.8, 4) is 0 Å². The van der Waals surface area contributed by atoms with Crippen molar-refractivity contribution in [2.45, 2.75) is 12.7 Å². The van der Waals surface area contributed by atoms with Crippen LogP contribution in [0.3, 0.4) is 0 Å². The Morgan fingerprint density at radius 3 is 2.45 bits per heavy atom. The van der Waals surface area contributed by atoms with Gasteiger partial charge in [-0.1, -0.05) is 0 Å². The van der Waals surface area contributed by atoms with Crippen molar-refractivity contribution >= 4 is 29.2 Å². The molecule has 11 heteroatoms. The highest BCUT2D eigenvalue weighted by Crippen LogP contribution is 2.28.